The lowest BCUT2D eigenvalue weighted by molar-refractivity contribution is -0.126. The lowest BCUT2D eigenvalue weighted by Crippen LogP contribution is -2.32. The summed E-state index contributed by atoms with van der Waals surface area (Å²) in [4.78, 5) is 25.2. The highest BCUT2D eigenvalue weighted by Crippen LogP contribution is 2.42. The number of nitrogens with zero attached hydrogens (tertiary/aromatic N) is 2. The molecule has 0 heterocycles. The number of methoxy groups -OCH3 is 2. The van der Waals surface area contributed by atoms with Crippen molar-refractivity contribution in [3.05, 3.63) is 34.3 Å². The van der Waals surface area contributed by atoms with E-state index in [2.05, 4.69) is 15.5 Å². The molecule has 9 nitrogen and oxygen atoms in total. The minimum absolute atomic E-state index is 0.165. The summed E-state index contributed by atoms with van der Waals surface area (Å²) in [7, 11) is 2.86. The molecule has 0 aromatic heterocycles. The first-order valence-electron chi connectivity index (χ1n) is 9.99. The second-order valence-electron chi connectivity index (χ2n) is 6.49. The number of rotatable bonds is 11. The molecular weight excluding hydrogens is 473 g/mol. The van der Waals surface area contributed by atoms with Gasteiger partial charge in [-0.05, 0) is 39.0 Å². The third kappa shape index (κ3) is 6.49. The lowest BCUT2D eigenvalue weighted by Gasteiger charge is -2.18. The summed E-state index contributed by atoms with van der Waals surface area (Å²) in [6.45, 7) is 5.50. The Kier molecular flexibility index (Phi) is 9.74. The van der Waals surface area contributed by atoms with Crippen LogP contribution < -0.4 is 24.3 Å². The number of hydrogen-bond donors (Lipinski definition) is 1. The Morgan fingerprint density at radius 2 is 1.70 bits per heavy atom. The van der Waals surface area contributed by atoms with Gasteiger partial charge in [0.2, 0.25) is 6.04 Å². The van der Waals surface area contributed by atoms with Crippen LogP contribution in [0, 0.1) is 0 Å². The lowest BCUT2D eigenvalue weighted by atomic mass is 10.2. The average molecular weight is 498 g/mol. The van der Waals surface area contributed by atoms with E-state index in [4.69, 9.17) is 42.1 Å². The molecule has 178 valence electrons. The van der Waals surface area contributed by atoms with E-state index in [1.54, 1.807) is 19.1 Å². The number of anilines is 1. The third-order valence-electron chi connectivity index (χ3n) is 4.25. The zero-order valence-electron chi connectivity index (χ0n) is 18.9. The second kappa shape index (κ2) is 12.3. The van der Waals surface area contributed by atoms with Crippen molar-refractivity contribution in [1.29, 1.82) is 0 Å². The molecule has 1 unspecified atom stereocenters. The summed E-state index contributed by atoms with van der Waals surface area (Å²) < 4.78 is 21.7. The number of Topliss-reactive ketones (excluding diaryl/α,β-unsaturated/α-hetero) is 1. The van der Waals surface area contributed by atoms with E-state index in [1.807, 2.05) is 6.92 Å². The number of ether oxygens (including phenoxy) is 4. The van der Waals surface area contributed by atoms with Crippen molar-refractivity contribution < 1.29 is 28.5 Å². The van der Waals surface area contributed by atoms with Crippen LogP contribution in [0.25, 0.3) is 0 Å². The zero-order valence-corrected chi connectivity index (χ0v) is 20.4. The van der Waals surface area contributed by atoms with Gasteiger partial charge in [-0.2, -0.15) is 10.2 Å². The first-order chi connectivity index (χ1) is 15.8. The van der Waals surface area contributed by atoms with Crippen molar-refractivity contribution in [2.24, 2.45) is 10.2 Å². The van der Waals surface area contributed by atoms with Crippen LogP contribution in [-0.2, 0) is 9.59 Å². The molecular formula is C22H25Cl2N3O6. The van der Waals surface area contributed by atoms with E-state index < -0.39 is 17.7 Å². The van der Waals surface area contributed by atoms with E-state index in [-0.39, 0.29) is 27.9 Å². The molecule has 2 rings (SSSR count). The highest BCUT2D eigenvalue weighted by molar-refractivity contribution is 6.34. The van der Waals surface area contributed by atoms with Gasteiger partial charge in [-0.15, -0.1) is 0 Å². The summed E-state index contributed by atoms with van der Waals surface area (Å²) in [6.07, 6.45) is 0. The molecule has 1 N–H and O–H groups in total. The van der Waals surface area contributed by atoms with Crippen LogP contribution in [0.15, 0.2) is 34.5 Å². The molecule has 0 aliphatic heterocycles. The van der Waals surface area contributed by atoms with Crippen LogP contribution in [0.4, 0.5) is 11.4 Å². The van der Waals surface area contributed by atoms with Gasteiger partial charge in [0.1, 0.15) is 11.4 Å². The van der Waals surface area contributed by atoms with E-state index in [1.165, 1.54) is 33.3 Å². The predicted molar refractivity (Wildman–Crippen MR) is 126 cm³/mol. The average Bonchev–Trinajstić information content (AvgIpc) is 2.77. The number of benzene rings is 2. The van der Waals surface area contributed by atoms with Crippen molar-refractivity contribution in [3.63, 3.8) is 0 Å². The van der Waals surface area contributed by atoms with Gasteiger partial charge in [0.05, 0.1) is 32.5 Å². The number of nitrogens with one attached hydrogen (secondary N) is 1. The summed E-state index contributed by atoms with van der Waals surface area (Å²) >= 11 is 12.4. The van der Waals surface area contributed by atoms with Gasteiger partial charge in [-0.25, -0.2) is 0 Å². The Morgan fingerprint density at radius 3 is 2.27 bits per heavy atom. The van der Waals surface area contributed by atoms with Crippen molar-refractivity contribution in [3.8, 4) is 23.0 Å². The third-order valence-corrected chi connectivity index (χ3v) is 4.78. The van der Waals surface area contributed by atoms with E-state index in [9.17, 15) is 9.59 Å². The van der Waals surface area contributed by atoms with Gasteiger partial charge in [0, 0.05) is 11.1 Å². The number of azo groups is 1. The fourth-order valence-corrected chi connectivity index (χ4v) is 3.23. The molecule has 2 aromatic carbocycles. The monoisotopic (exact) mass is 497 g/mol. The van der Waals surface area contributed by atoms with Crippen molar-refractivity contribution >= 4 is 46.3 Å². The van der Waals surface area contributed by atoms with Crippen LogP contribution in [0.1, 0.15) is 20.8 Å². The van der Waals surface area contributed by atoms with Crippen molar-refractivity contribution in [2.45, 2.75) is 26.8 Å². The summed E-state index contributed by atoms with van der Waals surface area (Å²) in [6, 6.07) is 4.72. The van der Waals surface area contributed by atoms with E-state index in [0.29, 0.717) is 29.7 Å². The Labute approximate surface area is 202 Å². The van der Waals surface area contributed by atoms with Gasteiger partial charge >= 0.3 is 0 Å². The normalized spacial score (nSPS) is 11.7. The molecule has 0 saturated heterocycles. The Balaban J connectivity index is 2.41. The quantitative estimate of drug-likeness (QED) is 0.324. The summed E-state index contributed by atoms with van der Waals surface area (Å²) in [5, 5.41) is 11.1. The molecule has 0 bridgehead atoms. The maximum Gasteiger partial charge on any atom is 0.258 e. The number of ketones is 1. The highest BCUT2D eigenvalue weighted by atomic mass is 35.5. The molecule has 33 heavy (non-hydrogen) atoms. The Hall–Kier alpha value is -3.04. The predicted octanol–water partition coefficient (Wildman–Crippen LogP) is 5.49. The second-order valence-corrected chi connectivity index (χ2v) is 7.34. The van der Waals surface area contributed by atoms with Gasteiger partial charge in [-0.1, -0.05) is 23.2 Å². The molecule has 1 atom stereocenters. The number of hydrogen-bond acceptors (Lipinski definition) is 8. The Bertz CT molecular complexity index is 1050. The smallest absolute Gasteiger partial charge is 0.258 e. The molecule has 0 aliphatic rings. The molecule has 0 aliphatic carbocycles. The largest absolute Gasteiger partial charge is 0.493 e. The molecule has 1 amide bonds. The minimum Gasteiger partial charge on any atom is -0.493 e. The van der Waals surface area contributed by atoms with Gasteiger partial charge in [0.25, 0.3) is 5.91 Å². The molecule has 11 heteroatoms. The fraction of sp³-hybridized carbons (Fsp3) is 0.364. The SMILES string of the molecule is CCOc1ccc(Cl)c(NC(=O)C(N=Nc2cc(Cl)cc(OC)c2OC)C(C)=O)c1OCC. The first kappa shape index (κ1) is 26.2. The topological polar surface area (TPSA) is 108 Å². The maximum atomic E-state index is 13.0. The highest BCUT2D eigenvalue weighted by Gasteiger charge is 2.27. The van der Waals surface area contributed by atoms with Crippen LogP contribution in [0.5, 0.6) is 23.0 Å². The van der Waals surface area contributed by atoms with Gasteiger partial charge in [0.15, 0.2) is 28.8 Å². The molecule has 0 radical (unpaired) electrons. The zero-order chi connectivity index (χ0) is 24.5. The van der Waals surface area contributed by atoms with E-state index in [0.717, 1.165) is 0 Å². The van der Waals surface area contributed by atoms with Gasteiger partial charge in [-0.3, -0.25) is 9.59 Å². The number of carbonyl (C=O) groups is 2. The van der Waals surface area contributed by atoms with Crippen LogP contribution in [-0.4, -0.2) is 45.2 Å². The van der Waals surface area contributed by atoms with E-state index >= 15 is 0 Å². The summed E-state index contributed by atoms with van der Waals surface area (Å²) in [5.41, 5.74) is 0.352. The summed E-state index contributed by atoms with van der Waals surface area (Å²) in [5.74, 6) is -0.0745. The standard InChI is InChI=1S/C22H25Cl2N3O6/c1-6-32-16-9-8-14(24)19(21(16)33-7-2)25-22(29)18(12(3)28)27-26-15-10-13(23)11-17(30-4)20(15)31-5/h8-11,18H,6-7H2,1-5H3,(H,25,29). The number of halogens is 2. The van der Waals surface area contributed by atoms with Crippen molar-refractivity contribution in [1.82, 2.24) is 0 Å². The molecule has 0 spiro atoms. The fourth-order valence-electron chi connectivity index (χ4n) is 2.83. The van der Waals surface area contributed by atoms with Crippen molar-refractivity contribution in [2.75, 3.05) is 32.8 Å². The minimum atomic E-state index is -1.47. The van der Waals surface area contributed by atoms with Gasteiger partial charge < -0.3 is 24.3 Å². The molecule has 0 fully saturated rings. The first-order valence-corrected chi connectivity index (χ1v) is 10.7. The maximum absolute atomic E-state index is 13.0. The molecule has 0 saturated carbocycles. The van der Waals surface area contributed by atoms with Crippen LogP contribution in [0.3, 0.4) is 0 Å². The van der Waals surface area contributed by atoms with Crippen LogP contribution >= 0.6 is 23.2 Å². The Morgan fingerprint density at radius 1 is 1.00 bits per heavy atom. The van der Waals surface area contributed by atoms with Crippen LogP contribution in [0.2, 0.25) is 10.0 Å². The molecule has 2 aromatic rings. The number of amides is 1. The number of carbonyl (C=O) groups excluding carboxylic acids is 2.